The molecule has 21 heavy (non-hydrogen) atoms. The van der Waals surface area contributed by atoms with Crippen molar-refractivity contribution in [2.24, 2.45) is 0 Å². The van der Waals surface area contributed by atoms with Gasteiger partial charge in [0.15, 0.2) is 0 Å². The molecule has 3 rings (SSSR count). The van der Waals surface area contributed by atoms with Crippen LogP contribution in [0.1, 0.15) is 18.0 Å². The van der Waals surface area contributed by atoms with Gasteiger partial charge in [0.05, 0.1) is 17.9 Å². The zero-order valence-corrected chi connectivity index (χ0v) is 10.9. The lowest BCUT2D eigenvalue weighted by atomic mass is 10.0. The molecule has 1 atom stereocenters. The molecule has 1 aromatic heterocycles. The van der Waals surface area contributed by atoms with Crippen LogP contribution in [0.2, 0.25) is 0 Å². The number of nitrogen functional groups attached to an aromatic ring is 1. The zero-order chi connectivity index (χ0) is 15.0. The summed E-state index contributed by atoms with van der Waals surface area (Å²) in [7, 11) is 0. The summed E-state index contributed by atoms with van der Waals surface area (Å²) in [5.74, 6) is 0.502. The molecule has 0 aliphatic carbocycles. The number of nitrogens with one attached hydrogen (secondary N) is 1. The zero-order valence-electron chi connectivity index (χ0n) is 10.9. The molecule has 2 heterocycles. The van der Waals surface area contributed by atoms with E-state index >= 15 is 0 Å². The first kappa shape index (κ1) is 13.6. The second-order valence-corrected chi connectivity index (χ2v) is 4.74. The Kier molecular flexibility index (Phi) is 3.15. The van der Waals surface area contributed by atoms with Gasteiger partial charge in [0.25, 0.3) is 0 Å². The third-order valence-electron chi connectivity index (χ3n) is 3.33. The molecular formula is C13H13F3N4O. The third-order valence-corrected chi connectivity index (χ3v) is 3.33. The highest BCUT2D eigenvalue weighted by molar-refractivity contribution is 5.62. The lowest BCUT2D eigenvalue weighted by Crippen LogP contribution is -2.24. The van der Waals surface area contributed by atoms with Gasteiger partial charge in [-0.15, -0.1) is 13.2 Å². The molecule has 1 unspecified atom stereocenters. The Morgan fingerprint density at radius 1 is 1.29 bits per heavy atom. The number of ether oxygens (including phenoxy) is 1. The van der Waals surface area contributed by atoms with Gasteiger partial charge in [-0.2, -0.15) is 5.10 Å². The molecule has 0 bridgehead atoms. The quantitative estimate of drug-likeness (QED) is 0.895. The summed E-state index contributed by atoms with van der Waals surface area (Å²) >= 11 is 0. The SMILES string of the molecule is Nc1cnn2c1NCCC2c1ccc(OC(F)(F)F)cc1. The number of aromatic nitrogens is 2. The van der Waals surface area contributed by atoms with Gasteiger partial charge < -0.3 is 15.8 Å². The number of anilines is 2. The summed E-state index contributed by atoms with van der Waals surface area (Å²) in [6.07, 6.45) is -2.35. The lowest BCUT2D eigenvalue weighted by Gasteiger charge is -2.26. The van der Waals surface area contributed by atoms with Crippen molar-refractivity contribution in [3.63, 3.8) is 0 Å². The molecular weight excluding hydrogens is 285 g/mol. The molecule has 5 nitrogen and oxygen atoms in total. The molecule has 3 N–H and O–H groups in total. The van der Waals surface area contributed by atoms with Crippen molar-refractivity contribution >= 4 is 11.5 Å². The number of alkyl halides is 3. The summed E-state index contributed by atoms with van der Waals surface area (Å²) in [5, 5.41) is 7.37. The van der Waals surface area contributed by atoms with Crippen LogP contribution < -0.4 is 15.8 Å². The Balaban J connectivity index is 1.85. The van der Waals surface area contributed by atoms with Gasteiger partial charge in [0.1, 0.15) is 11.6 Å². The Morgan fingerprint density at radius 3 is 2.67 bits per heavy atom. The maximum absolute atomic E-state index is 12.1. The minimum absolute atomic E-state index is 0.0570. The molecule has 0 fully saturated rings. The van der Waals surface area contributed by atoms with Crippen molar-refractivity contribution in [1.82, 2.24) is 9.78 Å². The van der Waals surface area contributed by atoms with Gasteiger partial charge in [-0.25, -0.2) is 4.68 Å². The highest BCUT2D eigenvalue weighted by atomic mass is 19.4. The highest BCUT2D eigenvalue weighted by Crippen LogP contribution is 2.33. The number of hydrogen-bond acceptors (Lipinski definition) is 4. The van der Waals surface area contributed by atoms with Gasteiger partial charge in [-0.1, -0.05) is 12.1 Å². The van der Waals surface area contributed by atoms with Crippen molar-refractivity contribution in [3.05, 3.63) is 36.0 Å². The highest BCUT2D eigenvalue weighted by Gasteiger charge is 2.31. The molecule has 112 valence electrons. The minimum atomic E-state index is -4.68. The lowest BCUT2D eigenvalue weighted by molar-refractivity contribution is -0.274. The van der Waals surface area contributed by atoms with E-state index in [0.717, 1.165) is 24.3 Å². The second-order valence-electron chi connectivity index (χ2n) is 4.74. The van der Waals surface area contributed by atoms with E-state index in [4.69, 9.17) is 5.73 Å². The van der Waals surface area contributed by atoms with Crippen molar-refractivity contribution in [2.75, 3.05) is 17.6 Å². The fourth-order valence-electron chi connectivity index (χ4n) is 2.44. The summed E-state index contributed by atoms with van der Waals surface area (Å²) in [5.41, 5.74) is 7.21. The average molecular weight is 298 g/mol. The van der Waals surface area contributed by atoms with E-state index in [0.29, 0.717) is 5.69 Å². The first-order chi connectivity index (χ1) is 9.94. The van der Waals surface area contributed by atoms with E-state index < -0.39 is 6.36 Å². The van der Waals surface area contributed by atoms with Gasteiger partial charge in [0.2, 0.25) is 0 Å². The normalized spacial score (nSPS) is 18.0. The smallest absolute Gasteiger partial charge is 0.406 e. The van der Waals surface area contributed by atoms with E-state index in [-0.39, 0.29) is 11.8 Å². The molecule has 0 spiro atoms. The number of fused-ring (bicyclic) bond motifs is 1. The molecule has 0 radical (unpaired) electrons. The van der Waals surface area contributed by atoms with E-state index in [1.165, 1.54) is 12.1 Å². The maximum Gasteiger partial charge on any atom is 0.573 e. The Bertz CT molecular complexity index is 636. The molecule has 1 aromatic carbocycles. The molecule has 1 aliphatic rings. The van der Waals surface area contributed by atoms with Crippen molar-refractivity contribution < 1.29 is 17.9 Å². The van der Waals surface area contributed by atoms with Crippen LogP contribution >= 0.6 is 0 Å². The molecule has 2 aromatic rings. The van der Waals surface area contributed by atoms with Gasteiger partial charge in [-0.05, 0) is 24.1 Å². The fourth-order valence-corrected chi connectivity index (χ4v) is 2.44. The van der Waals surface area contributed by atoms with Crippen LogP contribution in [-0.2, 0) is 0 Å². The van der Waals surface area contributed by atoms with E-state index in [1.54, 1.807) is 23.0 Å². The van der Waals surface area contributed by atoms with Crippen LogP contribution in [-0.4, -0.2) is 22.7 Å². The number of benzene rings is 1. The molecule has 0 amide bonds. The van der Waals surface area contributed by atoms with Gasteiger partial charge in [-0.3, -0.25) is 0 Å². The predicted molar refractivity (Wildman–Crippen MR) is 71.0 cm³/mol. The first-order valence-corrected chi connectivity index (χ1v) is 6.36. The summed E-state index contributed by atoms with van der Waals surface area (Å²) in [6, 6.07) is 5.77. The standard InChI is InChI=1S/C13H13F3N4O/c14-13(15,16)21-9-3-1-8(2-4-9)11-5-6-18-12-10(17)7-19-20(11)12/h1-4,7,11,18H,5-6,17H2. The van der Waals surface area contributed by atoms with E-state index in [2.05, 4.69) is 15.2 Å². The maximum atomic E-state index is 12.1. The van der Waals surface area contributed by atoms with Crippen LogP contribution in [0.4, 0.5) is 24.7 Å². The van der Waals surface area contributed by atoms with Crippen LogP contribution in [0.3, 0.4) is 0 Å². The number of nitrogens with zero attached hydrogens (tertiary/aromatic N) is 2. The largest absolute Gasteiger partial charge is 0.573 e. The topological polar surface area (TPSA) is 65.1 Å². The number of hydrogen-bond donors (Lipinski definition) is 2. The summed E-state index contributed by atoms with van der Waals surface area (Å²) < 4.78 is 42.0. The number of nitrogens with two attached hydrogens (primary N) is 1. The fraction of sp³-hybridized carbons (Fsp3) is 0.308. The molecule has 0 saturated heterocycles. The average Bonchev–Trinajstić information content (AvgIpc) is 2.80. The summed E-state index contributed by atoms with van der Waals surface area (Å²) in [6.45, 7) is 0.724. The third kappa shape index (κ3) is 2.74. The second kappa shape index (κ2) is 4.87. The number of halogens is 3. The Morgan fingerprint density at radius 2 is 2.00 bits per heavy atom. The van der Waals surface area contributed by atoms with E-state index in [9.17, 15) is 13.2 Å². The van der Waals surface area contributed by atoms with Gasteiger partial charge in [0, 0.05) is 6.54 Å². The van der Waals surface area contributed by atoms with Crippen molar-refractivity contribution in [3.8, 4) is 5.75 Å². The van der Waals surface area contributed by atoms with Crippen LogP contribution in [0.25, 0.3) is 0 Å². The van der Waals surface area contributed by atoms with Crippen molar-refractivity contribution in [1.29, 1.82) is 0 Å². The molecule has 8 heteroatoms. The predicted octanol–water partition coefficient (Wildman–Crippen LogP) is 2.77. The number of rotatable bonds is 2. The van der Waals surface area contributed by atoms with E-state index in [1.807, 2.05) is 0 Å². The monoisotopic (exact) mass is 298 g/mol. The first-order valence-electron chi connectivity index (χ1n) is 6.36. The Labute approximate surface area is 118 Å². The Hall–Kier alpha value is -2.38. The molecule has 1 aliphatic heterocycles. The van der Waals surface area contributed by atoms with Crippen LogP contribution in [0.15, 0.2) is 30.5 Å². The molecule has 0 saturated carbocycles. The minimum Gasteiger partial charge on any atom is -0.406 e. The van der Waals surface area contributed by atoms with Gasteiger partial charge >= 0.3 is 6.36 Å². The van der Waals surface area contributed by atoms with Crippen LogP contribution in [0.5, 0.6) is 5.75 Å². The van der Waals surface area contributed by atoms with Crippen LogP contribution in [0, 0.1) is 0 Å². The summed E-state index contributed by atoms with van der Waals surface area (Å²) in [4.78, 5) is 0. The van der Waals surface area contributed by atoms with Crippen molar-refractivity contribution in [2.45, 2.75) is 18.8 Å².